The van der Waals surface area contributed by atoms with Crippen molar-refractivity contribution in [3.05, 3.63) is 40.3 Å². The van der Waals surface area contributed by atoms with Gasteiger partial charge in [0.25, 0.3) is 0 Å². The minimum atomic E-state index is -0.453. The number of nitrogen functional groups attached to an aromatic ring is 1. The van der Waals surface area contributed by atoms with Crippen LogP contribution in [0.1, 0.15) is 11.3 Å². The van der Waals surface area contributed by atoms with Gasteiger partial charge in [-0.2, -0.15) is 5.26 Å². The largest absolute Gasteiger partial charge is 0.381 e. The van der Waals surface area contributed by atoms with Crippen LogP contribution in [0.2, 0.25) is 5.02 Å². The summed E-state index contributed by atoms with van der Waals surface area (Å²) in [4.78, 5) is 0. The Kier molecular flexibility index (Phi) is 2.93. The van der Waals surface area contributed by atoms with Crippen molar-refractivity contribution < 1.29 is 4.39 Å². The third-order valence-electron chi connectivity index (χ3n) is 2.25. The molecule has 0 unspecified atom stereocenters. The van der Waals surface area contributed by atoms with E-state index in [-0.39, 0.29) is 28.6 Å². The number of nitrogens with two attached hydrogens (primary N) is 1. The van der Waals surface area contributed by atoms with E-state index in [2.05, 4.69) is 10.3 Å². The summed E-state index contributed by atoms with van der Waals surface area (Å²) in [5.74, 6) is -0.363. The molecule has 2 N–H and O–H groups in total. The zero-order valence-electron chi connectivity index (χ0n) is 8.56. The fourth-order valence-electron chi connectivity index (χ4n) is 1.35. The number of hydrogen-bond donors (Lipinski definition) is 1. The smallest absolute Gasteiger partial charge is 0.206 e. The lowest BCUT2D eigenvalue weighted by Gasteiger charge is -2.06. The Bertz CT molecular complexity index is 581. The van der Waals surface area contributed by atoms with Gasteiger partial charge in [0.05, 0.1) is 6.54 Å². The molecule has 0 atom stereocenters. The first kappa shape index (κ1) is 11.4. The number of nitrogens with zero attached hydrogens (tertiary/aromatic N) is 4. The molecule has 1 aromatic carbocycles. The molecule has 2 rings (SSSR count). The maximum absolute atomic E-state index is 13.5. The zero-order chi connectivity index (χ0) is 12.4. The minimum absolute atomic E-state index is 0.0115. The second-order valence-electron chi connectivity index (χ2n) is 3.29. The lowest BCUT2D eigenvalue weighted by molar-refractivity contribution is 0.580. The highest BCUT2D eigenvalue weighted by Crippen LogP contribution is 2.21. The molecule has 7 heteroatoms. The summed E-state index contributed by atoms with van der Waals surface area (Å²) in [6.45, 7) is 0.0337. The molecule has 5 nitrogen and oxygen atoms in total. The van der Waals surface area contributed by atoms with Crippen molar-refractivity contribution in [2.45, 2.75) is 6.54 Å². The van der Waals surface area contributed by atoms with Gasteiger partial charge in [0.2, 0.25) is 5.69 Å². The van der Waals surface area contributed by atoms with E-state index in [1.807, 2.05) is 0 Å². The van der Waals surface area contributed by atoms with Gasteiger partial charge in [0.15, 0.2) is 5.82 Å². The SMILES string of the molecule is N#Cc1nnn(Cc2c(F)cccc2Cl)c1N. The van der Waals surface area contributed by atoms with Crippen molar-refractivity contribution in [2.24, 2.45) is 0 Å². The number of anilines is 1. The fraction of sp³-hybridized carbons (Fsp3) is 0.100. The van der Waals surface area contributed by atoms with E-state index < -0.39 is 5.82 Å². The maximum atomic E-state index is 13.5. The highest BCUT2D eigenvalue weighted by atomic mass is 35.5. The van der Waals surface area contributed by atoms with Crippen LogP contribution in [-0.4, -0.2) is 15.0 Å². The van der Waals surface area contributed by atoms with E-state index in [1.54, 1.807) is 12.1 Å². The minimum Gasteiger partial charge on any atom is -0.381 e. The van der Waals surface area contributed by atoms with E-state index in [0.717, 1.165) is 0 Å². The average molecular weight is 252 g/mol. The molecule has 0 saturated carbocycles. The van der Waals surface area contributed by atoms with Crippen molar-refractivity contribution in [1.82, 2.24) is 15.0 Å². The maximum Gasteiger partial charge on any atom is 0.206 e. The highest BCUT2D eigenvalue weighted by Gasteiger charge is 2.13. The van der Waals surface area contributed by atoms with Gasteiger partial charge in [0.1, 0.15) is 11.9 Å². The zero-order valence-corrected chi connectivity index (χ0v) is 9.32. The Labute approximate surface area is 101 Å². The topological polar surface area (TPSA) is 80.5 Å². The Balaban J connectivity index is 2.39. The Hall–Kier alpha value is -2.13. The van der Waals surface area contributed by atoms with Crippen LogP contribution in [0.15, 0.2) is 18.2 Å². The molecule has 0 amide bonds. The summed E-state index contributed by atoms with van der Waals surface area (Å²) in [6.07, 6.45) is 0. The van der Waals surface area contributed by atoms with Gasteiger partial charge in [-0.1, -0.05) is 22.9 Å². The van der Waals surface area contributed by atoms with E-state index in [0.29, 0.717) is 0 Å². The van der Waals surface area contributed by atoms with Crippen molar-refractivity contribution in [1.29, 1.82) is 5.26 Å². The Morgan fingerprint density at radius 2 is 2.29 bits per heavy atom. The van der Waals surface area contributed by atoms with Gasteiger partial charge in [-0.3, -0.25) is 0 Å². The van der Waals surface area contributed by atoms with Crippen molar-refractivity contribution in [3.63, 3.8) is 0 Å². The van der Waals surface area contributed by atoms with Crippen molar-refractivity contribution in [2.75, 3.05) is 5.73 Å². The number of benzene rings is 1. The molecule has 0 aliphatic rings. The van der Waals surface area contributed by atoms with Crippen LogP contribution in [0, 0.1) is 17.1 Å². The molecular formula is C10H7ClFN5. The second kappa shape index (κ2) is 4.39. The summed E-state index contributed by atoms with van der Waals surface area (Å²) < 4.78 is 14.7. The van der Waals surface area contributed by atoms with Crippen molar-refractivity contribution in [3.8, 4) is 6.07 Å². The second-order valence-corrected chi connectivity index (χ2v) is 3.70. The molecule has 0 bridgehead atoms. The van der Waals surface area contributed by atoms with Gasteiger partial charge < -0.3 is 5.73 Å². The number of nitriles is 1. The monoisotopic (exact) mass is 251 g/mol. The summed E-state index contributed by atoms with van der Waals surface area (Å²) in [7, 11) is 0. The van der Waals surface area contributed by atoms with E-state index in [1.165, 1.54) is 16.8 Å². The van der Waals surface area contributed by atoms with E-state index in [4.69, 9.17) is 22.6 Å². The standard InChI is InChI=1S/C10H7ClFN5/c11-7-2-1-3-8(12)6(7)5-17-10(14)9(4-13)15-16-17/h1-3H,5,14H2. The summed E-state index contributed by atoms with van der Waals surface area (Å²) in [5.41, 5.74) is 5.88. The molecule has 0 spiro atoms. The lowest BCUT2D eigenvalue weighted by atomic mass is 10.2. The third kappa shape index (κ3) is 2.05. The number of aromatic nitrogens is 3. The van der Waals surface area contributed by atoms with Crippen LogP contribution in [0.5, 0.6) is 0 Å². The van der Waals surface area contributed by atoms with Crippen LogP contribution in [-0.2, 0) is 6.54 Å². The van der Waals surface area contributed by atoms with Crippen LogP contribution in [0.25, 0.3) is 0 Å². The Morgan fingerprint density at radius 3 is 2.88 bits per heavy atom. The molecule has 17 heavy (non-hydrogen) atoms. The van der Waals surface area contributed by atoms with Crippen LogP contribution in [0.4, 0.5) is 10.2 Å². The predicted molar refractivity (Wildman–Crippen MR) is 59.7 cm³/mol. The molecule has 0 aliphatic heterocycles. The average Bonchev–Trinajstić information content (AvgIpc) is 2.65. The quantitative estimate of drug-likeness (QED) is 0.879. The van der Waals surface area contributed by atoms with Crippen LogP contribution in [0.3, 0.4) is 0 Å². The van der Waals surface area contributed by atoms with Crippen LogP contribution < -0.4 is 5.73 Å². The van der Waals surface area contributed by atoms with Crippen molar-refractivity contribution >= 4 is 17.4 Å². The number of hydrogen-bond acceptors (Lipinski definition) is 4. The predicted octanol–water partition coefficient (Wildman–Crippen LogP) is 1.57. The number of rotatable bonds is 2. The molecular weight excluding hydrogens is 245 g/mol. The van der Waals surface area contributed by atoms with E-state index in [9.17, 15) is 4.39 Å². The summed E-state index contributed by atoms with van der Waals surface area (Å²) >= 11 is 5.87. The number of halogens is 2. The molecule has 2 aromatic rings. The van der Waals surface area contributed by atoms with Gasteiger partial charge in [-0.15, -0.1) is 5.10 Å². The molecule has 1 heterocycles. The summed E-state index contributed by atoms with van der Waals surface area (Å²) in [6, 6.07) is 6.15. The third-order valence-corrected chi connectivity index (χ3v) is 2.60. The normalized spacial score (nSPS) is 10.2. The fourth-order valence-corrected chi connectivity index (χ4v) is 1.57. The van der Waals surface area contributed by atoms with Gasteiger partial charge >= 0.3 is 0 Å². The lowest BCUT2D eigenvalue weighted by Crippen LogP contribution is -2.08. The van der Waals surface area contributed by atoms with E-state index >= 15 is 0 Å². The molecule has 0 saturated heterocycles. The molecule has 86 valence electrons. The molecule has 1 aromatic heterocycles. The Morgan fingerprint density at radius 1 is 1.53 bits per heavy atom. The van der Waals surface area contributed by atoms with Gasteiger partial charge in [-0.05, 0) is 12.1 Å². The summed E-state index contributed by atoms with van der Waals surface area (Å²) in [5, 5.41) is 16.1. The molecule has 0 radical (unpaired) electrons. The first-order valence-corrected chi connectivity index (χ1v) is 5.03. The van der Waals surface area contributed by atoms with Crippen LogP contribution >= 0.6 is 11.6 Å². The van der Waals surface area contributed by atoms with Gasteiger partial charge in [0, 0.05) is 10.6 Å². The highest BCUT2D eigenvalue weighted by molar-refractivity contribution is 6.31. The molecule has 0 aliphatic carbocycles. The first-order valence-electron chi connectivity index (χ1n) is 4.65. The molecule has 0 fully saturated rings. The van der Waals surface area contributed by atoms with Gasteiger partial charge in [-0.25, -0.2) is 9.07 Å². The first-order chi connectivity index (χ1) is 8.13.